The predicted octanol–water partition coefficient (Wildman–Crippen LogP) is 0.484. The van der Waals surface area contributed by atoms with Gasteiger partial charge in [0, 0.05) is 5.56 Å². The molecule has 1 aromatic rings. The Balaban J connectivity index is 2.57. The lowest BCUT2D eigenvalue weighted by molar-refractivity contribution is -0.136. The number of aliphatic hydroxyl groups is 1. The molecule has 2 N–H and O–H groups in total. The summed E-state index contributed by atoms with van der Waals surface area (Å²) >= 11 is 0. The summed E-state index contributed by atoms with van der Waals surface area (Å²) in [4.78, 5) is 22.2. The summed E-state index contributed by atoms with van der Waals surface area (Å²) in [6, 6.07) is 2.91. The average Bonchev–Trinajstić information content (AvgIpc) is 2.53. The van der Waals surface area contributed by atoms with Gasteiger partial charge in [-0.05, 0) is 17.7 Å². The zero-order valence-electron chi connectivity index (χ0n) is 8.97. The first-order valence-electron chi connectivity index (χ1n) is 4.84. The van der Waals surface area contributed by atoms with Gasteiger partial charge in [-0.1, -0.05) is 0 Å². The molecule has 0 radical (unpaired) electrons. The number of rotatable bonds is 3. The second kappa shape index (κ2) is 4.06. The molecule has 1 aromatic carbocycles. The molecule has 1 heterocycles. The highest BCUT2D eigenvalue weighted by atomic mass is 16.6. The Kier molecular flexibility index (Phi) is 2.72. The van der Waals surface area contributed by atoms with E-state index in [-0.39, 0.29) is 23.1 Å². The Bertz CT molecular complexity index is 493. The molecule has 0 aromatic heterocycles. The van der Waals surface area contributed by atoms with Crippen LogP contribution in [0, 0.1) is 0 Å². The van der Waals surface area contributed by atoms with E-state index in [1.807, 2.05) is 0 Å². The Hall–Kier alpha value is -2.08. The van der Waals surface area contributed by atoms with Crippen molar-refractivity contribution in [1.82, 2.24) is 0 Å². The van der Waals surface area contributed by atoms with Crippen LogP contribution < -0.4 is 4.74 Å². The summed E-state index contributed by atoms with van der Waals surface area (Å²) < 4.78 is 9.60. The number of carbonyl (C=O) groups excluding carboxylic acids is 1. The van der Waals surface area contributed by atoms with Gasteiger partial charge in [-0.25, -0.2) is 4.79 Å². The number of hydrogen-bond acceptors (Lipinski definition) is 5. The molecule has 0 bridgehead atoms. The molecule has 0 amide bonds. The van der Waals surface area contributed by atoms with Crippen LogP contribution in [0.3, 0.4) is 0 Å². The summed E-state index contributed by atoms with van der Waals surface area (Å²) in [7, 11) is 1.41. The van der Waals surface area contributed by atoms with Crippen LogP contribution in [0.5, 0.6) is 5.75 Å². The monoisotopic (exact) mass is 238 g/mol. The smallest absolute Gasteiger partial charge is 0.341 e. The molecule has 0 saturated carbocycles. The third-order valence-electron chi connectivity index (χ3n) is 2.49. The second-order valence-electron chi connectivity index (χ2n) is 3.58. The van der Waals surface area contributed by atoms with Crippen LogP contribution in [-0.4, -0.2) is 29.3 Å². The van der Waals surface area contributed by atoms with Gasteiger partial charge in [0.1, 0.15) is 5.75 Å². The molecule has 6 nitrogen and oxygen atoms in total. The number of carbonyl (C=O) groups is 2. The molecule has 0 spiro atoms. The van der Waals surface area contributed by atoms with Crippen LogP contribution >= 0.6 is 0 Å². The van der Waals surface area contributed by atoms with E-state index >= 15 is 0 Å². The van der Waals surface area contributed by atoms with E-state index < -0.39 is 18.2 Å². The van der Waals surface area contributed by atoms with E-state index in [1.165, 1.54) is 19.2 Å². The topological polar surface area (TPSA) is 93.1 Å². The summed E-state index contributed by atoms with van der Waals surface area (Å²) in [6.07, 6.45) is -1.69. The molecule has 0 fully saturated rings. The Morgan fingerprint density at radius 1 is 1.53 bits per heavy atom. The van der Waals surface area contributed by atoms with Gasteiger partial charge in [0.25, 0.3) is 0 Å². The van der Waals surface area contributed by atoms with E-state index in [0.717, 1.165) is 0 Å². The van der Waals surface area contributed by atoms with Gasteiger partial charge in [0.2, 0.25) is 6.29 Å². The fourth-order valence-corrected chi connectivity index (χ4v) is 1.78. The van der Waals surface area contributed by atoms with Gasteiger partial charge >= 0.3 is 11.9 Å². The molecule has 90 valence electrons. The SMILES string of the molecule is COc1cc(CC(=O)O)c2c(c1)C(O)OC2=O. The number of carboxylic acid groups (broad SMARTS) is 1. The van der Waals surface area contributed by atoms with Crippen molar-refractivity contribution >= 4 is 11.9 Å². The summed E-state index contributed by atoms with van der Waals surface area (Å²) in [5.74, 6) is -1.42. The van der Waals surface area contributed by atoms with E-state index in [0.29, 0.717) is 5.75 Å². The van der Waals surface area contributed by atoms with Crippen LogP contribution in [0.2, 0.25) is 0 Å². The average molecular weight is 238 g/mol. The number of aliphatic carboxylic acids is 1. The fraction of sp³-hybridized carbons (Fsp3) is 0.273. The fourth-order valence-electron chi connectivity index (χ4n) is 1.78. The lowest BCUT2D eigenvalue weighted by Crippen LogP contribution is -2.07. The second-order valence-corrected chi connectivity index (χ2v) is 3.58. The number of methoxy groups -OCH3 is 1. The molecule has 2 rings (SSSR count). The van der Waals surface area contributed by atoms with E-state index in [1.54, 1.807) is 0 Å². The lowest BCUT2D eigenvalue weighted by Gasteiger charge is -2.07. The first-order chi connectivity index (χ1) is 8.02. The Morgan fingerprint density at radius 3 is 2.82 bits per heavy atom. The van der Waals surface area contributed by atoms with Gasteiger partial charge in [-0.2, -0.15) is 0 Å². The van der Waals surface area contributed by atoms with Crippen LogP contribution in [-0.2, 0) is 16.0 Å². The van der Waals surface area contributed by atoms with Gasteiger partial charge in [0.05, 0.1) is 19.1 Å². The molecular formula is C11H10O6. The number of cyclic esters (lactones) is 1. The molecule has 6 heteroatoms. The van der Waals surface area contributed by atoms with Crippen molar-refractivity contribution < 1.29 is 29.3 Å². The maximum Gasteiger partial charge on any atom is 0.341 e. The largest absolute Gasteiger partial charge is 0.497 e. The summed E-state index contributed by atoms with van der Waals surface area (Å²) in [6.45, 7) is 0. The highest BCUT2D eigenvalue weighted by Gasteiger charge is 2.33. The molecule has 1 unspecified atom stereocenters. The minimum absolute atomic E-state index is 0.112. The third kappa shape index (κ3) is 1.94. The first-order valence-corrected chi connectivity index (χ1v) is 4.84. The molecular weight excluding hydrogens is 228 g/mol. The van der Waals surface area contributed by atoms with E-state index in [2.05, 4.69) is 4.74 Å². The van der Waals surface area contributed by atoms with Crippen LogP contribution in [0.15, 0.2) is 12.1 Å². The minimum Gasteiger partial charge on any atom is -0.497 e. The zero-order chi connectivity index (χ0) is 12.6. The first kappa shape index (κ1) is 11.4. The maximum atomic E-state index is 11.5. The number of aliphatic hydroxyl groups excluding tert-OH is 1. The van der Waals surface area contributed by atoms with E-state index in [4.69, 9.17) is 9.84 Å². The number of esters is 1. The van der Waals surface area contributed by atoms with E-state index in [9.17, 15) is 14.7 Å². The predicted molar refractivity (Wildman–Crippen MR) is 54.7 cm³/mol. The maximum absolute atomic E-state index is 11.5. The normalized spacial score (nSPS) is 17.5. The number of ether oxygens (including phenoxy) is 2. The van der Waals surface area contributed by atoms with Crippen molar-refractivity contribution in [3.05, 3.63) is 28.8 Å². The van der Waals surface area contributed by atoms with Crippen molar-refractivity contribution in [2.45, 2.75) is 12.7 Å². The third-order valence-corrected chi connectivity index (χ3v) is 2.49. The van der Waals surface area contributed by atoms with Crippen molar-refractivity contribution in [3.8, 4) is 5.75 Å². The van der Waals surface area contributed by atoms with Crippen molar-refractivity contribution in [2.75, 3.05) is 7.11 Å². The molecule has 1 atom stereocenters. The van der Waals surface area contributed by atoms with Crippen LogP contribution in [0.1, 0.15) is 27.8 Å². The zero-order valence-corrected chi connectivity index (χ0v) is 8.97. The molecule has 0 saturated heterocycles. The van der Waals surface area contributed by atoms with Crippen LogP contribution in [0.25, 0.3) is 0 Å². The number of carboxylic acids is 1. The number of benzene rings is 1. The molecule has 17 heavy (non-hydrogen) atoms. The van der Waals surface area contributed by atoms with Gasteiger partial charge in [0.15, 0.2) is 0 Å². The highest BCUT2D eigenvalue weighted by molar-refractivity contribution is 5.96. The Labute approximate surface area is 96.4 Å². The van der Waals surface area contributed by atoms with Crippen LogP contribution in [0.4, 0.5) is 0 Å². The minimum atomic E-state index is -1.36. The molecule has 0 aliphatic carbocycles. The number of hydrogen-bond donors (Lipinski definition) is 2. The highest BCUT2D eigenvalue weighted by Crippen LogP contribution is 2.34. The lowest BCUT2D eigenvalue weighted by atomic mass is 9.99. The number of fused-ring (bicyclic) bond motifs is 1. The van der Waals surface area contributed by atoms with Gasteiger partial charge < -0.3 is 19.7 Å². The quantitative estimate of drug-likeness (QED) is 0.744. The Morgan fingerprint density at radius 2 is 2.24 bits per heavy atom. The van der Waals surface area contributed by atoms with Crippen molar-refractivity contribution in [3.63, 3.8) is 0 Å². The molecule has 1 aliphatic rings. The summed E-state index contributed by atoms with van der Waals surface area (Å²) in [5.41, 5.74) is 0.625. The van der Waals surface area contributed by atoms with Gasteiger partial charge in [-0.3, -0.25) is 4.79 Å². The molecule has 1 aliphatic heterocycles. The summed E-state index contributed by atoms with van der Waals surface area (Å²) in [5, 5.41) is 18.2. The van der Waals surface area contributed by atoms with Crippen molar-refractivity contribution in [2.24, 2.45) is 0 Å². The van der Waals surface area contributed by atoms with Gasteiger partial charge in [-0.15, -0.1) is 0 Å². The van der Waals surface area contributed by atoms with Crippen molar-refractivity contribution in [1.29, 1.82) is 0 Å². The standard InChI is InChI=1S/C11H10O6/c1-16-6-2-5(3-8(12)13)9-7(4-6)10(14)17-11(9)15/h2,4,10,14H,3H2,1H3,(H,12,13).